The van der Waals surface area contributed by atoms with Gasteiger partial charge in [0.2, 0.25) is 0 Å². The molecule has 5 nitrogen and oxygen atoms in total. The Morgan fingerprint density at radius 3 is 1.41 bits per heavy atom. The highest BCUT2D eigenvalue weighted by atomic mass is 14.7. The van der Waals surface area contributed by atoms with Crippen molar-refractivity contribution in [2.75, 3.05) is 6.54 Å². The Balaban J connectivity index is 0.000000223. The average Bonchev–Trinajstić information content (AvgIpc) is 2.90. The van der Waals surface area contributed by atoms with Crippen LogP contribution in [0, 0.1) is 41.4 Å². The van der Waals surface area contributed by atoms with Gasteiger partial charge in [-0.2, -0.15) is 0 Å². The quantitative estimate of drug-likeness (QED) is 0.241. The van der Waals surface area contributed by atoms with Gasteiger partial charge in [-0.25, -0.2) is 0 Å². The molecular formula is C34H71N5. The first-order valence-corrected chi connectivity index (χ1v) is 17.3. The summed E-state index contributed by atoms with van der Waals surface area (Å²) in [5.41, 5.74) is 28.6. The molecule has 0 saturated heterocycles. The van der Waals surface area contributed by atoms with Gasteiger partial charge in [0.05, 0.1) is 0 Å². The normalized spacial score (nSPS) is 39.9. The van der Waals surface area contributed by atoms with Gasteiger partial charge in [0.1, 0.15) is 0 Å². The summed E-state index contributed by atoms with van der Waals surface area (Å²) in [7, 11) is 0. The van der Waals surface area contributed by atoms with Crippen LogP contribution >= 0.6 is 0 Å². The van der Waals surface area contributed by atoms with E-state index in [-0.39, 0.29) is 0 Å². The third-order valence-corrected chi connectivity index (χ3v) is 11.0. The maximum absolute atomic E-state index is 6.11. The van der Waals surface area contributed by atoms with Crippen LogP contribution in [0.5, 0.6) is 0 Å². The maximum atomic E-state index is 6.11. The predicted molar refractivity (Wildman–Crippen MR) is 171 cm³/mol. The van der Waals surface area contributed by atoms with E-state index in [9.17, 15) is 0 Å². The molecule has 4 saturated carbocycles. The summed E-state index contributed by atoms with van der Waals surface area (Å²) >= 11 is 0. The van der Waals surface area contributed by atoms with Gasteiger partial charge in [0.25, 0.3) is 0 Å². The summed E-state index contributed by atoms with van der Waals surface area (Å²) in [5.74, 6) is 6.63. The smallest absolute Gasteiger partial charge is 0.00647 e. The van der Waals surface area contributed by atoms with Crippen molar-refractivity contribution in [1.29, 1.82) is 0 Å². The Labute approximate surface area is 243 Å². The molecule has 7 unspecified atom stereocenters. The SMILES string of the molecule is CC(N)CCCN.CC1CCC(CC2CCC(N)C(C)C2)CC1C.NC1CCC(CC2CCC(N)CC2)CC1. The van der Waals surface area contributed by atoms with Crippen LogP contribution in [0.1, 0.15) is 143 Å². The average molecular weight is 550 g/mol. The van der Waals surface area contributed by atoms with Gasteiger partial charge in [0.15, 0.2) is 0 Å². The van der Waals surface area contributed by atoms with Crippen LogP contribution in [0.15, 0.2) is 0 Å². The summed E-state index contributed by atoms with van der Waals surface area (Å²) in [6.07, 6.45) is 24.1. The highest BCUT2D eigenvalue weighted by Gasteiger charge is 2.30. The zero-order valence-corrected chi connectivity index (χ0v) is 26.7. The van der Waals surface area contributed by atoms with E-state index < -0.39 is 0 Å². The second kappa shape index (κ2) is 19.1. The molecule has 4 rings (SSSR count). The molecule has 0 aliphatic heterocycles. The van der Waals surface area contributed by atoms with Crippen LogP contribution < -0.4 is 28.7 Å². The topological polar surface area (TPSA) is 130 Å². The Morgan fingerprint density at radius 2 is 1.00 bits per heavy atom. The second-order valence-corrected chi connectivity index (χ2v) is 14.9. The Morgan fingerprint density at radius 1 is 0.564 bits per heavy atom. The van der Waals surface area contributed by atoms with Gasteiger partial charge in [-0.1, -0.05) is 33.6 Å². The number of nitrogens with two attached hydrogens (primary N) is 5. The van der Waals surface area contributed by atoms with E-state index in [2.05, 4.69) is 20.8 Å². The van der Waals surface area contributed by atoms with Crippen LogP contribution in [0.3, 0.4) is 0 Å². The fraction of sp³-hybridized carbons (Fsp3) is 1.00. The van der Waals surface area contributed by atoms with E-state index in [1.807, 2.05) is 6.92 Å². The molecule has 0 bridgehead atoms. The van der Waals surface area contributed by atoms with Crippen molar-refractivity contribution < 1.29 is 0 Å². The Bertz CT molecular complexity index is 552. The van der Waals surface area contributed by atoms with E-state index in [0.717, 1.165) is 60.8 Å². The molecule has 4 aliphatic carbocycles. The third-order valence-electron chi connectivity index (χ3n) is 11.0. The van der Waals surface area contributed by atoms with E-state index in [1.165, 1.54) is 103 Å². The van der Waals surface area contributed by atoms with Gasteiger partial charge in [-0.3, -0.25) is 0 Å². The van der Waals surface area contributed by atoms with Crippen LogP contribution in [0.2, 0.25) is 0 Å². The highest BCUT2D eigenvalue weighted by molar-refractivity contribution is 4.84. The first kappa shape index (κ1) is 35.0. The molecule has 7 atom stereocenters. The fourth-order valence-electron chi connectivity index (χ4n) is 7.85. The van der Waals surface area contributed by atoms with Crippen molar-refractivity contribution in [3.8, 4) is 0 Å². The largest absolute Gasteiger partial charge is 0.330 e. The van der Waals surface area contributed by atoms with Gasteiger partial charge in [-0.15, -0.1) is 0 Å². The Kier molecular flexibility index (Phi) is 17.1. The minimum absolute atomic E-state index is 0.323. The maximum Gasteiger partial charge on any atom is 0.00647 e. The molecule has 232 valence electrons. The molecule has 10 N–H and O–H groups in total. The molecule has 39 heavy (non-hydrogen) atoms. The molecule has 4 aliphatic rings. The molecule has 0 aromatic carbocycles. The molecule has 0 aromatic heterocycles. The van der Waals surface area contributed by atoms with Crippen LogP contribution in [0.4, 0.5) is 0 Å². The molecule has 0 spiro atoms. The van der Waals surface area contributed by atoms with Crippen molar-refractivity contribution in [3.63, 3.8) is 0 Å². The lowest BCUT2D eigenvalue weighted by Gasteiger charge is -2.37. The van der Waals surface area contributed by atoms with Gasteiger partial charge in [-0.05, 0) is 158 Å². The molecule has 0 radical (unpaired) electrons. The second-order valence-electron chi connectivity index (χ2n) is 14.9. The molecule has 4 fully saturated rings. The molecule has 0 heterocycles. The van der Waals surface area contributed by atoms with Gasteiger partial charge in [0, 0.05) is 24.2 Å². The number of hydrogen-bond donors (Lipinski definition) is 5. The van der Waals surface area contributed by atoms with Crippen molar-refractivity contribution in [2.45, 2.75) is 167 Å². The molecule has 5 heteroatoms. The minimum atomic E-state index is 0.323. The summed E-state index contributed by atoms with van der Waals surface area (Å²) in [6, 6.07) is 1.81. The van der Waals surface area contributed by atoms with E-state index in [0.29, 0.717) is 24.2 Å². The van der Waals surface area contributed by atoms with Crippen LogP contribution in [-0.4, -0.2) is 30.7 Å². The molecule has 0 aromatic rings. The lowest BCUT2D eigenvalue weighted by atomic mass is 9.69. The number of rotatable bonds is 7. The zero-order valence-electron chi connectivity index (χ0n) is 26.7. The van der Waals surface area contributed by atoms with E-state index in [1.54, 1.807) is 0 Å². The minimum Gasteiger partial charge on any atom is -0.330 e. The first-order valence-electron chi connectivity index (χ1n) is 17.3. The van der Waals surface area contributed by atoms with Crippen molar-refractivity contribution in [3.05, 3.63) is 0 Å². The van der Waals surface area contributed by atoms with Crippen molar-refractivity contribution in [2.24, 2.45) is 70.1 Å². The number of hydrogen-bond acceptors (Lipinski definition) is 5. The molecular weight excluding hydrogens is 478 g/mol. The summed E-state index contributed by atoms with van der Waals surface area (Å²) < 4.78 is 0. The lowest BCUT2D eigenvalue weighted by Crippen LogP contribution is -2.35. The third kappa shape index (κ3) is 14.5. The van der Waals surface area contributed by atoms with Gasteiger partial charge >= 0.3 is 0 Å². The zero-order chi connectivity index (χ0) is 28.8. The Hall–Kier alpha value is -0.200. The first-order chi connectivity index (χ1) is 18.6. The van der Waals surface area contributed by atoms with Crippen LogP contribution in [0.25, 0.3) is 0 Å². The highest BCUT2D eigenvalue weighted by Crippen LogP contribution is 2.40. The van der Waals surface area contributed by atoms with Crippen LogP contribution in [-0.2, 0) is 0 Å². The monoisotopic (exact) mass is 550 g/mol. The fourth-order valence-corrected chi connectivity index (χ4v) is 7.85. The summed E-state index contributed by atoms with van der Waals surface area (Å²) in [5, 5.41) is 0. The van der Waals surface area contributed by atoms with Crippen molar-refractivity contribution in [1.82, 2.24) is 0 Å². The van der Waals surface area contributed by atoms with E-state index >= 15 is 0 Å². The van der Waals surface area contributed by atoms with E-state index in [4.69, 9.17) is 28.7 Å². The standard InChI is InChI=1S/C16H31N.C13H26N2.C5H14N2/c1-11-4-5-14(8-12(11)2)10-15-6-7-16(17)13(3)9-15;14-12-5-1-10(2-6-12)9-11-3-7-13(15)8-4-11;1-5(7)3-2-4-6/h11-16H,4-10,17H2,1-3H3;10-13H,1-9,14-15H2;5H,2-4,6-7H2,1H3. The molecule has 0 amide bonds. The van der Waals surface area contributed by atoms with Crippen molar-refractivity contribution >= 4 is 0 Å². The lowest BCUT2D eigenvalue weighted by molar-refractivity contribution is 0.152. The summed E-state index contributed by atoms with van der Waals surface area (Å²) in [6.45, 7) is 10.00. The predicted octanol–water partition coefficient (Wildman–Crippen LogP) is 6.70. The van der Waals surface area contributed by atoms with Gasteiger partial charge < -0.3 is 28.7 Å². The summed E-state index contributed by atoms with van der Waals surface area (Å²) in [4.78, 5) is 0.